The van der Waals surface area contributed by atoms with E-state index in [-0.39, 0.29) is 23.6 Å². The van der Waals surface area contributed by atoms with E-state index in [4.69, 9.17) is 4.74 Å². The van der Waals surface area contributed by atoms with Gasteiger partial charge in [-0.15, -0.1) is 0 Å². The number of amides is 2. The molecule has 0 unspecified atom stereocenters. The van der Waals surface area contributed by atoms with Crippen molar-refractivity contribution in [3.63, 3.8) is 0 Å². The van der Waals surface area contributed by atoms with Crippen LogP contribution in [0.5, 0.6) is 0 Å². The fraction of sp³-hybridized carbons (Fsp3) is 0.286. The molecule has 0 aliphatic carbocycles. The highest BCUT2D eigenvalue weighted by molar-refractivity contribution is 7.94. The second-order valence-corrected chi connectivity index (χ2v) is 9.33. The minimum absolute atomic E-state index is 0.121. The molecule has 8 nitrogen and oxygen atoms in total. The second-order valence-electron chi connectivity index (χ2n) is 7.51. The topological polar surface area (TPSA) is 110 Å². The molecule has 0 aromatic heterocycles. The van der Waals surface area contributed by atoms with Crippen LogP contribution in [0.1, 0.15) is 41.5 Å². The maximum absolute atomic E-state index is 12.6. The molecule has 1 fully saturated rings. The third kappa shape index (κ3) is 4.20. The van der Waals surface area contributed by atoms with Crippen molar-refractivity contribution in [2.75, 3.05) is 22.0 Å². The number of rotatable bonds is 5. The van der Waals surface area contributed by atoms with Gasteiger partial charge in [-0.05, 0) is 63.2 Å². The SMILES string of the molecule is CCOC(=O)c1ccc(NC(=O)c2cccc(N3C(=O)C(C)(C)CS3(=O)=O)c2)cc1. The van der Waals surface area contributed by atoms with Crippen molar-refractivity contribution in [2.45, 2.75) is 20.8 Å². The normalized spacial score (nSPS) is 16.9. The lowest BCUT2D eigenvalue weighted by Gasteiger charge is -2.18. The van der Waals surface area contributed by atoms with Crippen LogP contribution in [0.3, 0.4) is 0 Å². The third-order valence-electron chi connectivity index (χ3n) is 4.58. The van der Waals surface area contributed by atoms with Crippen molar-refractivity contribution in [1.82, 2.24) is 0 Å². The lowest BCUT2D eigenvalue weighted by Crippen LogP contribution is -2.33. The Hall–Kier alpha value is -3.20. The summed E-state index contributed by atoms with van der Waals surface area (Å²) in [4.78, 5) is 36.9. The first kappa shape index (κ1) is 21.5. The number of sulfonamides is 1. The molecule has 158 valence electrons. The smallest absolute Gasteiger partial charge is 0.338 e. The minimum atomic E-state index is -3.81. The number of ether oxygens (including phenoxy) is 1. The van der Waals surface area contributed by atoms with Crippen LogP contribution in [0.25, 0.3) is 0 Å². The largest absolute Gasteiger partial charge is 0.462 e. The molecule has 1 heterocycles. The van der Waals surface area contributed by atoms with Crippen LogP contribution < -0.4 is 9.62 Å². The van der Waals surface area contributed by atoms with Crippen LogP contribution in [0.15, 0.2) is 48.5 Å². The van der Waals surface area contributed by atoms with Gasteiger partial charge in [0.2, 0.25) is 15.9 Å². The van der Waals surface area contributed by atoms with E-state index >= 15 is 0 Å². The van der Waals surface area contributed by atoms with Gasteiger partial charge in [-0.2, -0.15) is 0 Å². The van der Waals surface area contributed by atoms with Gasteiger partial charge in [-0.3, -0.25) is 9.59 Å². The van der Waals surface area contributed by atoms with Gasteiger partial charge in [0, 0.05) is 11.3 Å². The Morgan fingerprint density at radius 3 is 2.33 bits per heavy atom. The average Bonchev–Trinajstić information content (AvgIpc) is 2.85. The number of hydrogen-bond donors (Lipinski definition) is 1. The van der Waals surface area contributed by atoms with E-state index in [9.17, 15) is 22.8 Å². The summed E-state index contributed by atoms with van der Waals surface area (Å²) in [5.41, 5.74) is 0.0878. The fourth-order valence-corrected chi connectivity index (χ4v) is 5.24. The van der Waals surface area contributed by atoms with Crippen LogP contribution in [0.2, 0.25) is 0 Å². The summed E-state index contributed by atoms with van der Waals surface area (Å²) < 4.78 is 30.6. The van der Waals surface area contributed by atoms with E-state index in [0.717, 1.165) is 4.31 Å². The zero-order chi connectivity index (χ0) is 22.1. The number of esters is 1. The van der Waals surface area contributed by atoms with Crippen LogP contribution >= 0.6 is 0 Å². The predicted octanol–water partition coefficient (Wildman–Crippen LogP) is 2.82. The summed E-state index contributed by atoms with van der Waals surface area (Å²) in [5.74, 6) is -1.76. The van der Waals surface area contributed by atoms with E-state index < -0.39 is 33.2 Å². The molecule has 2 amide bonds. The van der Waals surface area contributed by atoms with Crippen molar-refractivity contribution < 1.29 is 27.5 Å². The van der Waals surface area contributed by atoms with Crippen LogP contribution in [-0.2, 0) is 19.6 Å². The van der Waals surface area contributed by atoms with E-state index in [0.29, 0.717) is 11.3 Å². The van der Waals surface area contributed by atoms with Crippen molar-refractivity contribution >= 4 is 39.2 Å². The van der Waals surface area contributed by atoms with E-state index in [1.807, 2.05) is 0 Å². The number of carbonyl (C=O) groups excluding carboxylic acids is 3. The summed E-state index contributed by atoms with van der Waals surface area (Å²) in [6, 6.07) is 12.0. The molecule has 0 bridgehead atoms. The number of anilines is 2. The molecule has 1 aliphatic rings. The van der Waals surface area contributed by atoms with Crippen LogP contribution in [0.4, 0.5) is 11.4 Å². The number of carbonyl (C=O) groups is 3. The Balaban J connectivity index is 1.80. The summed E-state index contributed by atoms with van der Waals surface area (Å²) in [7, 11) is -3.81. The first-order chi connectivity index (χ1) is 14.0. The highest BCUT2D eigenvalue weighted by Crippen LogP contribution is 2.36. The average molecular weight is 430 g/mol. The Labute approximate surface area is 174 Å². The molecule has 2 aromatic rings. The molecule has 9 heteroatoms. The minimum Gasteiger partial charge on any atom is -0.462 e. The zero-order valence-electron chi connectivity index (χ0n) is 16.8. The van der Waals surface area contributed by atoms with Gasteiger partial charge in [-0.1, -0.05) is 6.07 Å². The van der Waals surface area contributed by atoms with Gasteiger partial charge >= 0.3 is 5.97 Å². The monoisotopic (exact) mass is 430 g/mol. The Kier molecular flexibility index (Phi) is 5.67. The van der Waals surface area contributed by atoms with Crippen molar-refractivity contribution in [1.29, 1.82) is 0 Å². The van der Waals surface area contributed by atoms with Crippen LogP contribution in [0, 0.1) is 5.41 Å². The maximum atomic E-state index is 12.6. The molecule has 1 N–H and O–H groups in total. The van der Waals surface area contributed by atoms with Gasteiger partial charge in [0.05, 0.1) is 29.0 Å². The molecule has 3 rings (SSSR count). The van der Waals surface area contributed by atoms with E-state index in [2.05, 4.69) is 5.32 Å². The lowest BCUT2D eigenvalue weighted by atomic mass is 9.95. The Bertz CT molecular complexity index is 1110. The molecule has 1 aliphatic heterocycles. The van der Waals surface area contributed by atoms with Crippen molar-refractivity contribution in [2.24, 2.45) is 5.41 Å². The van der Waals surface area contributed by atoms with Gasteiger partial charge in [0.25, 0.3) is 5.91 Å². The zero-order valence-corrected chi connectivity index (χ0v) is 17.7. The Morgan fingerprint density at radius 1 is 1.10 bits per heavy atom. The molecule has 1 saturated heterocycles. The number of nitrogens with zero attached hydrogens (tertiary/aromatic N) is 1. The molecule has 30 heavy (non-hydrogen) atoms. The van der Waals surface area contributed by atoms with Gasteiger partial charge in [-0.25, -0.2) is 17.5 Å². The van der Waals surface area contributed by atoms with Crippen LogP contribution in [-0.4, -0.2) is 38.6 Å². The number of benzene rings is 2. The van der Waals surface area contributed by atoms with E-state index in [1.165, 1.54) is 36.4 Å². The van der Waals surface area contributed by atoms with Crippen molar-refractivity contribution in [3.8, 4) is 0 Å². The molecular weight excluding hydrogens is 408 g/mol. The van der Waals surface area contributed by atoms with E-state index in [1.54, 1.807) is 32.9 Å². The highest BCUT2D eigenvalue weighted by atomic mass is 32.2. The molecule has 0 spiro atoms. The van der Waals surface area contributed by atoms with Gasteiger partial charge in [0.1, 0.15) is 0 Å². The molecule has 0 atom stereocenters. The molecule has 0 radical (unpaired) electrons. The molecule has 2 aromatic carbocycles. The lowest BCUT2D eigenvalue weighted by molar-refractivity contribution is -0.123. The summed E-state index contributed by atoms with van der Waals surface area (Å²) in [6.45, 7) is 5.12. The summed E-state index contributed by atoms with van der Waals surface area (Å²) in [5, 5.41) is 2.68. The number of hydrogen-bond acceptors (Lipinski definition) is 6. The first-order valence-electron chi connectivity index (χ1n) is 9.31. The summed E-state index contributed by atoms with van der Waals surface area (Å²) in [6.07, 6.45) is 0. The molecular formula is C21H22N2O6S. The standard InChI is InChI=1S/C21H22N2O6S/c1-4-29-19(25)14-8-10-16(11-9-14)22-18(24)15-6-5-7-17(12-15)23-20(26)21(2,3)13-30(23,27)28/h5-12H,4,13H2,1-3H3,(H,22,24). The third-order valence-corrected chi connectivity index (χ3v) is 6.60. The van der Waals surface area contributed by atoms with Crippen molar-refractivity contribution in [3.05, 3.63) is 59.7 Å². The quantitative estimate of drug-likeness (QED) is 0.731. The van der Waals surface area contributed by atoms with Gasteiger partial charge in [0.15, 0.2) is 0 Å². The fourth-order valence-electron chi connectivity index (χ4n) is 3.14. The maximum Gasteiger partial charge on any atom is 0.338 e. The molecule has 0 saturated carbocycles. The predicted molar refractivity (Wildman–Crippen MR) is 112 cm³/mol. The summed E-state index contributed by atoms with van der Waals surface area (Å²) >= 11 is 0. The van der Waals surface area contributed by atoms with Gasteiger partial charge < -0.3 is 10.1 Å². The Morgan fingerprint density at radius 2 is 1.77 bits per heavy atom. The first-order valence-corrected chi connectivity index (χ1v) is 10.9. The highest BCUT2D eigenvalue weighted by Gasteiger charge is 2.49. The number of nitrogens with one attached hydrogen (secondary N) is 1. The second kappa shape index (κ2) is 7.91.